The normalized spacial score (nSPS) is 16.9. The summed E-state index contributed by atoms with van der Waals surface area (Å²) in [5, 5.41) is 3.36. The molecule has 0 aliphatic heterocycles. The number of aromatic nitrogens is 2. The number of nitrogens with zero attached hydrogens (tertiary/aromatic N) is 2. The van der Waals surface area contributed by atoms with Gasteiger partial charge in [0.1, 0.15) is 5.82 Å². The van der Waals surface area contributed by atoms with E-state index in [2.05, 4.69) is 29.1 Å². The summed E-state index contributed by atoms with van der Waals surface area (Å²) in [5.41, 5.74) is 7.00. The number of anilines is 2. The van der Waals surface area contributed by atoms with Crippen LogP contribution >= 0.6 is 0 Å². The molecule has 0 aromatic carbocycles. The summed E-state index contributed by atoms with van der Waals surface area (Å²) in [6.45, 7) is 5.88. The van der Waals surface area contributed by atoms with E-state index < -0.39 is 0 Å². The van der Waals surface area contributed by atoms with Crippen molar-refractivity contribution in [2.24, 2.45) is 5.41 Å². The molecule has 1 aliphatic carbocycles. The molecule has 0 radical (unpaired) electrons. The van der Waals surface area contributed by atoms with E-state index in [0.717, 1.165) is 24.7 Å². The fourth-order valence-corrected chi connectivity index (χ4v) is 2.00. The lowest BCUT2D eigenvalue weighted by Gasteiger charge is -2.16. The number of nitrogens with two attached hydrogens (primary N) is 1. The second kappa shape index (κ2) is 5.10. The topological polar surface area (TPSA) is 73.1 Å². The lowest BCUT2D eigenvalue weighted by atomic mass is 10.1. The zero-order valence-corrected chi connectivity index (χ0v) is 11.4. The van der Waals surface area contributed by atoms with Crippen LogP contribution in [-0.4, -0.2) is 30.2 Å². The molecule has 0 unspecified atom stereocenters. The van der Waals surface area contributed by atoms with Gasteiger partial charge in [0.15, 0.2) is 0 Å². The Labute approximate surface area is 108 Å². The van der Waals surface area contributed by atoms with Crippen LogP contribution in [0.25, 0.3) is 0 Å². The van der Waals surface area contributed by atoms with Crippen molar-refractivity contribution in [2.75, 3.05) is 31.3 Å². The molecule has 1 saturated carbocycles. The second-order valence-electron chi connectivity index (χ2n) is 5.48. The molecule has 0 bridgehead atoms. The molecule has 5 nitrogen and oxygen atoms in total. The van der Waals surface area contributed by atoms with E-state index in [0.29, 0.717) is 17.3 Å². The van der Waals surface area contributed by atoms with Crippen LogP contribution in [0.4, 0.5) is 11.8 Å². The van der Waals surface area contributed by atoms with Crippen molar-refractivity contribution in [3.63, 3.8) is 0 Å². The van der Waals surface area contributed by atoms with Gasteiger partial charge in [-0.15, -0.1) is 0 Å². The Morgan fingerprint density at radius 1 is 1.44 bits per heavy atom. The largest absolute Gasteiger partial charge is 0.384 e. The van der Waals surface area contributed by atoms with E-state index in [-0.39, 0.29) is 0 Å². The highest BCUT2D eigenvalue weighted by atomic mass is 16.5. The molecule has 18 heavy (non-hydrogen) atoms. The summed E-state index contributed by atoms with van der Waals surface area (Å²) in [4.78, 5) is 8.45. The van der Waals surface area contributed by atoms with Crippen molar-refractivity contribution in [1.29, 1.82) is 0 Å². The van der Waals surface area contributed by atoms with E-state index in [1.54, 1.807) is 7.11 Å². The van der Waals surface area contributed by atoms with Crippen molar-refractivity contribution in [2.45, 2.75) is 32.6 Å². The first-order valence-corrected chi connectivity index (χ1v) is 6.42. The third kappa shape index (κ3) is 3.10. The van der Waals surface area contributed by atoms with Crippen LogP contribution in [-0.2, 0) is 4.74 Å². The molecule has 100 valence electrons. The number of hydrogen-bond donors (Lipinski definition) is 2. The molecule has 5 heteroatoms. The van der Waals surface area contributed by atoms with Gasteiger partial charge in [-0.1, -0.05) is 13.8 Å². The molecular weight excluding hydrogens is 228 g/mol. The molecule has 0 saturated heterocycles. The van der Waals surface area contributed by atoms with Crippen molar-refractivity contribution in [3.05, 3.63) is 11.8 Å². The van der Waals surface area contributed by atoms with E-state index in [1.165, 1.54) is 12.8 Å². The fourth-order valence-electron chi connectivity index (χ4n) is 2.00. The van der Waals surface area contributed by atoms with Gasteiger partial charge in [0.2, 0.25) is 5.95 Å². The van der Waals surface area contributed by atoms with E-state index in [1.807, 2.05) is 6.07 Å². The highest BCUT2D eigenvalue weighted by Crippen LogP contribution is 2.45. The smallest absolute Gasteiger partial charge is 0.222 e. The zero-order valence-electron chi connectivity index (χ0n) is 11.4. The summed E-state index contributed by atoms with van der Waals surface area (Å²) >= 11 is 0. The van der Waals surface area contributed by atoms with Crippen molar-refractivity contribution >= 4 is 11.8 Å². The predicted octanol–water partition coefficient (Wildman–Crippen LogP) is 2.02. The van der Waals surface area contributed by atoms with Crippen LogP contribution in [0.3, 0.4) is 0 Å². The molecule has 1 heterocycles. The Morgan fingerprint density at radius 2 is 2.17 bits per heavy atom. The summed E-state index contributed by atoms with van der Waals surface area (Å²) in [6.07, 6.45) is 2.43. The van der Waals surface area contributed by atoms with E-state index >= 15 is 0 Å². The first kappa shape index (κ1) is 13.1. The Bertz CT molecular complexity index is 415. The molecule has 1 aromatic rings. The van der Waals surface area contributed by atoms with Gasteiger partial charge in [-0.05, 0) is 18.8 Å². The highest BCUT2D eigenvalue weighted by molar-refractivity contribution is 5.41. The van der Waals surface area contributed by atoms with Crippen LogP contribution in [0.2, 0.25) is 0 Å². The number of methoxy groups -OCH3 is 1. The Hall–Kier alpha value is -1.36. The number of ether oxygens (including phenoxy) is 1. The first-order chi connectivity index (χ1) is 8.54. The first-order valence-electron chi connectivity index (χ1n) is 6.42. The van der Waals surface area contributed by atoms with Gasteiger partial charge in [-0.25, -0.2) is 4.98 Å². The van der Waals surface area contributed by atoms with Gasteiger partial charge in [0, 0.05) is 25.1 Å². The average molecular weight is 250 g/mol. The molecule has 3 N–H and O–H groups in total. The van der Waals surface area contributed by atoms with Crippen LogP contribution < -0.4 is 11.1 Å². The quantitative estimate of drug-likeness (QED) is 0.808. The Morgan fingerprint density at radius 3 is 2.72 bits per heavy atom. The molecule has 1 aromatic heterocycles. The maximum absolute atomic E-state index is 5.72. The number of hydrogen-bond acceptors (Lipinski definition) is 5. The molecule has 1 fully saturated rings. The molecule has 1 aliphatic rings. The molecular formula is C13H22N4O. The molecule has 0 amide bonds. The van der Waals surface area contributed by atoms with Gasteiger partial charge < -0.3 is 15.8 Å². The Balaban J connectivity index is 2.01. The summed E-state index contributed by atoms with van der Waals surface area (Å²) in [6, 6.07) is 1.98. The van der Waals surface area contributed by atoms with Crippen LogP contribution in [0.5, 0.6) is 0 Å². The molecule has 2 rings (SSSR count). The van der Waals surface area contributed by atoms with Gasteiger partial charge in [-0.3, -0.25) is 0 Å². The lowest BCUT2D eigenvalue weighted by Crippen LogP contribution is -2.21. The number of nitrogen functional groups attached to an aromatic ring is 1. The number of nitrogens with one attached hydrogen (secondary N) is 1. The molecule has 0 atom stereocenters. The van der Waals surface area contributed by atoms with Crippen molar-refractivity contribution < 1.29 is 4.74 Å². The monoisotopic (exact) mass is 250 g/mol. The minimum absolute atomic E-state index is 0.298. The fraction of sp³-hybridized carbons (Fsp3) is 0.692. The Kier molecular flexibility index (Phi) is 3.71. The predicted molar refractivity (Wildman–Crippen MR) is 72.6 cm³/mol. The third-order valence-corrected chi connectivity index (χ3v) is 3.41. The maximum Gasteiger partial charge on any atom is 0.222 e. The van der Waals surface area contributed by atoms with Crippen LogP contribution in [0, 0.1) is 5.41 Å². The summed E-state index contributed by atoms with van der Waals surface area (Å²) in [7, 11) is 1.75. The maximum atomic E-state index is 5.72. The molecule has 0 spiro atoms. The van der Waals surface area contributed by atoms with Crippen LogP contribution in [0.1, 0.15) is 38.3 Å². The minimum Gasteiger partial charge on any atom is -0.384 e. The standard InChI is InChI=1S/C13H22N4O/c1-9(2)10-6-11(17-12(14)16-10)15-7-13(4-5-13)8-18-3/h6,9H,4-5,7-8H2,1-3H3,(H3,14,15,16,17). The second-order valence-corrected chi connectivity index (χ2v) is 5.48. The van der Waals surface area contributed by atoms with Gasteiger partial charge in [0.25, 0.3) is 0 Å². The van der Waals surface area contributed by atoms with Crippen LogP contribution in [0.15, 0.2) is 6.07 Å². The van der Waals surface area contributed by atoms with E-state index in [4.69, 9.17) is 10.5 Å². The SMILES string of the molecule is COCC1(CNc2cc(C(C)C)nc(N)n2)CC1. The summed E-state index contributed by atoms with van der Waals surface area (Å²) in [5.74, 6) is 1.50. The van der Waals surface area contributed by atoms with Crippen molar-refractivity contribution in [1.82, 2.24) is 9.97 Å². The average Bonchev–Trinajstić information content (AvgIpc) is 3.07. The summed E-state index contributed by atoms with van der Waals surface area (Å²) < 4.78 is 5.25. The third-order valence-electron chi connectivity index (χ3n) is 3.41. The van der Waals surface area contributed by atoms with E-state index in [9.17, 15) is 0 Å². The lowest BCUT2D eigenvalue weighted by molar-refractivity contribution is 0.147. The van der Waals surface area contributed by atoms with Crippen molar-refractivity contribution in [3.8, 4) is 0 Å². The van der Waals surface area contributed by atoms with Gasteiger partial charge in [0.05, 0.1) is 12.3 Å². The zero-order chi connectivity index (χ0) is 13.2. The van der Waals surface area contributed by atoms with Gasteiger partial charge >= 0.3 is 0 Å². The number of rotatable bonds is 6. The highest BCUT2D eigenvalue weighted by Gasteiger charge is 2.42. The van der Waals surface area contributed by atoms with Gasteiger partial charge in [-0.2, -0.15) is 4.98 Å². The minimum atomic E-state index is 0.298.